The quantitative estimate of drug-likeness (QED) is 0.468. The molecule has 3 heterocycles. The molecule has 16 heteroatoms. The van der Waals surface area contributed by atoms with E-state index in [9.17, 15) is 39.6 Å². The van der Waals surface area contributed by atoms with Gasteiger partial charge in [0.25, 0.3) is 0 Å². The zero-order chi connectivity index (χ0) is 29.1. The van der Waals surface area contributed by atoms with Gasteiger partial charge in [-0.25, -0.2) is 26.4 Å². The summed E-state index contributed by atoms with van der Waals surface area (Å²) in [5.74, 6) is -0.689. The third-order valence-electron chi connectivity index (χ3n) is 7.22. The maximum Gasteiger partial charge on any atom is 0.417 e. The monoisotopic (exact) mass is 603 g/mol. The van der Waals surface area contributed by atoms with Gasteiger partial charge in [0.15, 0.2) is 15.4 Å². The van der Waals surface area contributed by atoms with Crippen molar-refractivity contribution in [3.63, 3.8) is 0 Å². The van der Waals surface area contributed by atoms with Crippen molar-refractivity contribution in [1.29, 1.82) is 0 Å². The van der Waals surface area contributed by atoms with Gasteiger partial charge in [0.1, 0.15) is 6.61 Å². The number of alkyl halides is 3. The predicted molar refractivity (Wildman–Crippen MR) is 134 cm³/mol. The number of fused-ring (bicyclic) bond motifs is 1. The van der Waals surface area contributed by atoms with Gasteiger partial charge in [-0.05, 0) is 48.7 Å². The lowest BCUT2D eigenvalue weighted by Crippen LogP contribution is -2.62. The van der Waals surface area contributed by atoms with E-state index in [1.54, 1.807) is 0 Å². The van der Waals surface area contributed by atoms with Crippen molar-refractivity contribution in [3.05, 3.63) is 58.1 Å². The van der Waals surface area contributed by atoms with Crippen molar-refractivity contribution in [3.8, 4) is 0 Å². The lowest BCUT2D eigenvalue weighted by atomic mass is 9.73. The summed E-state index contributed by atoms with van der Waals surface area (Å²) in [6.07, 6.45) is -3.79. The summed E-state index contributed by atoms with van der Waals surface area (Å²) in [6, 6.07) is 6.43. The van der Waals surface area contributed by atoms with Crippen LogP contribution in [-0.4, -0.2) is 69.6 Å². The van der Waals surface area contributed by atoms with Gasteiger partial charge in [0, 0.05) is 43.9 Å². The number of sulfone groups is 1. The summed E-state index contributed by atoms with van der Waals surface area (Å²) in [4.78, 5) is 27.2. The lowest BCUT2D eigenvalue weighted by Gasteiger charge is -2.52. The van der Waals surface area contributed by atoms with Gasteiger partial charge < -0.3 is 14.1 Å². The molecule has 3 aromatic rings. The molecule has 5 rings (SSSR count). The second kappa shape index (κ2) is 9.62. The molecule has 0 radical (unpaired) electrons. The number of sulfonamides is 1. The number of nitrogens with zero attached hydrogens (tertiary/aromatic N) is 2. The number of nitrogens with one attached hydrogen (secondary N) is 1. The Morgan fingerprint density at radius 1 is 1.05 bits per heavy atom. The number of likely N-dealkylation sites (tertiary alicyclic amines) is 1. The number of benzene rings is 2. The number of carbonyl (C=O) groups is 1. The summed E-state index contributed by atoms with van der Waals surface area (Å²) in [6.45, 7) is 0.441. The van der Waals surface area contributed by atoms with Gasteiger partial charge in [-0.2, -0.15) is 17.5 Å². The van der Waals surface area contributed by atoms with E-state index in [2.05, 4.69) is 4.98 Å². The highest BCUT2D eigenvalue weighted by molar-refractivity contribution is 7.90. The van der Waals surface area contributed by atoms with Crippen molar-refractivity contribution in [2.45, 2.75) is 35.4 Å². The number of hydrogen-bond donors (Lipinski definition) is 1. The number of piperidine rings is 1. The zero-order valence-corrected chi connectivity index (χ0v) is 22.7. The van der Waals surface area contributed by atoms with Gasteiger partial charge in [-0.1, -0.05) is 0 Å². The summed E-state index contributed by atoms with van der Waals surface area (Å²) >= 11 is 0. The molecular weight excluding hydrogens is 579 g/mol. The first-order valence-electron chi connectivity index (χ1n) is 12.0. The fourth-order valence-electron chi connectivity index (χ4n) is 4.95. The topological polar surface area (TPSA) is 147 Å². The molecule has 0 saturated carbocycles. The standard InChI is InChI=1S/C24H24F3N3O8S2/c1-39(33,34)18-9-15(8-16(10-18)24(25,26)27)12-37-22(32)29-6-4-23(5-7-29)13-30(14-23)40(35,36)17-2-3-19-20(11-17)38-21(31)28-19/h2-3,8-11H,4-7,12-14H2,1H3,(H,28,31). The fourth-order valence-corrected chi connectivity index (χ4v) is 7.33. The number of amides is 1. The Hall–Kier alpha value is -3.37. The second-order valence-electron chi connectivity index (χ2n) is 10.1. The molecule has 1 N–H and O–H groups in total. The third kappa shape index (κ3) is 5.47. The van der Waals surface area contributed by atoms with Gasteiger partial charge in [-0.15, -0.1) is 0 Å². The highest BCUT2D eigenvalue weighted by atomic mass is 32.2. The first-order chi connectivity index (χ1) is 18.6. The lowest BCUT2D eigenvalue weighted by molar-refractivity contribution is -0.137. The molecule has 1 amide bonds. The van der Waals surface area contributed by atoms with Crippen LogP contribution in [-0.2, 0) is 37.4 Å². The number of rotatable bonds is 5. The van der Waals surface area contributed by atoms with E-state index in [1.165, 1.54) is 27.4 Å². The minimum absolute atomic E-state index is 0.00719. The number of aromatic nitrogens is 1. The maximum absolute atomic E-state index is 13.2. The maximum atomic E-state index is 13.2. The minimum Gasteiger partial charge on any atom is -0.445 e. The molecule has 2 aliphatic heterocycles. The Balaban J connectivity index is 1.18. The van der Waals surface area contributed by atoms with E-state index in [-0.39, 0.29) is 47.6 Å². The van der Waals surface area contributed by atoms with Crippen LogP contribution in [0.2, 0.25) is 0 Å². The van der Waals surface area contributed by atoms with E-state index < -0.39 is 55.0 Å². The van der Waals surface area contributed by atoms with Crippen LogP contribution < -0.4 is 5.76 Å². The Morgan fingerprint density at radius 2 is 1.73 bits per heavy atom. The molecule has 2 aliphatic rings. The second-order valence-corrected chi connectivity index (χ2v) is 14.1. The number of H-pyrrole nitrogens is 1. The van der Waals surface area contributed by atoms with Crippen LogP contribution in [0.4, 0.5) is 18.0 Å². The average molecular weight is 604 g/mol. The van der Waals surface area contributed by atoms with Crippen molar-refractivity contribution in [1.82, 2.24) is 14.2 Å². The first-order valence-corrected chi connectivity index (χ1v) is 15.3. The fraction of sp³-hybridized carbons (Fsp3) is 0.417. The molecular formula is C24H24F3N3O8S2. The van der Waals surface area contributed by atoms with Crippen molar-refractivity contribution in [2.24, 2.45) is 5.41 Å². The summed E-state index contributed by atoms with van der Waals surface area (Å²) in [5, 5.41) is 0. The van der Waals surface area contributed by atoms with Crippen molar-refractivity contribution < 1.29 is 44.0 Å². The molecule has 2 fully saturated rings. The SMILES string of the molecule is CS(=O)(=O)c1cc(COC(=O)N2CCC3(CC2)CN(S(=O)(=O)c2ccc4[nH]c(=O)oc4c2)C3)cc(C(F)(F)F)c1. The largest absolute Gasteiger partial charge is 0.445 e. The summed E-state index contributed by atoms with van der Waals surface area (Å²) in [7, 11) is -7.76. The van der Waals surface area contributed by atoms with E-state index in [4.69, 9.17) is 9.15 Å². The Morgan fingerprint density at radius 3 is 2.35 bits per heavy atom. The van der Waals surface area contributed by atoms with Gasteiger partial charge in [-0.3, -0.25) is 4.98 Å². The van der Waals surface area contributed by atoms with Crippen LogP contribution in [0.5, 0.6) is 0 Å². The number of hydrogen-bond acceptors (Lipinski definition) is 8. The van der Waals surface area contributed by atoms with Crippen LogP contribution >= 0.6 is 0 Å². The number of oxazole rings is 1. The van der Waals surface area contributed by atoms with Crippen LogP contribution in [0.15, 0.2) is 55.4 Å². The molecule has 1 aromatic heterocycles. The van der Waals surface area contributed by atoms with E-state index >= 15 is 0 Å². The molecule has 0 atom stereocenters. The molecule has 11 nitrogen and oxygen atoms in total. The summed E-state index contributed by atoms with van der Waals surface area (Å²) < 4.78 is 101. The Bertz CT molecular complexity index is 1750. The average Bonchev–Trinajstić information content (AvgIpc) is 3.24. The number of halogens is 3. The molecule has 2 saturated heterocycles. The van der Waals surface area contributed by atoms with Gasteiger partial charge >= 0.3 is 18.0 Å². The first kappa shape index (κ1) is 28.2. The van der Waals surface area contributed by atoms with Crippen LogP contribution in [0.25, 0.3) is 11.1 Å². The molecule has 0 unspecified atom stereocenters. The molecule has 40 heavy (non-hydrogen) atoms. The smallest absolute Gasteiger partial charge is 0.417 e. The summed E-state index contributed by atoms with van der Waals surface area (Å²) in [5.41, 5.74) is -1.10. The van der Waals surface area contributed by atoms with Crippen LogP contribution in [0, 0.1) is 5.41 Å². The number of carbonyl (C=O) groups excluding carboxylic acids is 1. The normalized spacial score (nSPS) is 18.1. The van der Waals surface area contributed by atoms with E-state index in [1.807, 2.05) is 0 Å². The van der Waals surface area contributed by atoms with Crippen LogP contribution in [0.3, 0.4) is 0 Å². The minimum atomic E-state index is -4.78. The molecule has 1 spiro atoms. The van der Waals surface area contributed by atoms with Crippen LogP contribution in [0.1, 0.15) is 24.0 Å². The highest BCUT2D eigenvalue weighted by Gasteiger charge is 2.50. The molecule has 2 aromatic carbocycles. The van der Waals surface area contributed by atoms with Crippen molar-refractivity contribution in [2.75, 3.05) is 32.4 Å². The molecule has 0 aliphatic carbocycles. The van der Waals surface area contributed by atoms with Gasteiger partial charge in [0.2, 0.25) is 10.0 Å². The van der Waals surface area contributed by atoms with E-state index in [0.717, 1.165) is 18.4 Å². The van der Waals surface area contributed by atoms with E-state index in [0.29, 0.717) is 24.4 Å². The molecule has 216 valence electrons. The zero-order valence-electron chi connectivity index (χ0n) is 21.0. The molecule has 0 bridgehead atoms. The number of aromatic amines is 1. The van der Waals surface area contributed by atoms with Gasteiger partial charge in [0.05, 0.1) is 20.9 Å². The highest BCUT2D eigenvalue weighted by Crippen LogP contribution is 2.43. The Kier molecular flexibility index (Phi) is 6.78. The number of ether oxygens (including phenoxy) is 1. The third-order valence-corrected chi connectivity index (χ3v) is 10.1. The van der Waals surface area contributed by atoms with Crippen molar-refractivity contribution >= 4 is 37.1 Å². The predicted octanol–water partition coefficient (Wildman–Crippen LogP) is 2.97. The Labute approximate surface area is 226 Å².